The topological polar surface area (TPSA) is 52.3 Å². The Kier molecular flexibility index (Phi) is 4.91. The van der Waals surface area contributed by atoms with Gasteiger partial charge in [0.1, 0.15) is 0 Å². The SMILES string of the molecule is CCC(CN)S(=O)CC1CCCO1. The third kappa shape index (κ3) is 3.37. The maximum absolute atomic E-state index is 11.7. The molecule has 0 saturated carbocycles. The summed E-state index contributed by atoms with van der Waals surface area (Å²) in [6, 6.07) is 0. The smallest absolute Gasteiger partial charge is 0.0691 e. The van der Waals surface area contributed by atoms with Crippen molar-refractivity contribution in [3.8, 4) is 0 Å². The summed E-state index contributed by atoms with van der Waals surface area (Å²) in [7, 11) is -0.798. The van der Waals surface area contributed by atoms with Gasteiger partial charge >= 0.3 is 0 Å². The standard InChI is InChI=1S/C9H19NO2S/c1-2-9(6-10)13(11)7-8-4-3-5-12-8/h8-9H,2-7,10H2,1H3. The molecular weight excluding hydrogens is 186 g/mol. The van der Waals surface area contributed by atoms with Gasteiger partial charge in [0, 0.05) is 29.2 Å². The first kappa shape index (κ1) is 11.1. The number of hydrogen-bond donors (Lipinski definition) is 1. The fraction of sp³-hybridized carbons (Fsp3) is 1.00. The van der Waals surface area contributed by atoms with E-state index in [1.807, 2.05) is 6.92 Å². The van der Waals surface area contributed by atoms with Crippen molar-refractivity contribution in [1.29, 1.82) is 0 Å². The van der Waals surface area contributed by atoms with Crippen LogP contribution in [0.4, 0.5) is 0 Å². The highest BCUT2D eigenvalue weighted by Crippen LogP contribution is 2.14. The Morgan fingerprint density at radius 3 is 2.92 bits per heavy atom. The quantitative estimate of drug-likeness (QED) is 0.717. The molecule has 0 spiro atoms. The molecule has 3 unspecified atom stereocenters. The molecule has 2 N–H and O–H groups in total. The van der Waals surface area contributed by atoms with Crippen LogP contribution in [0, 0.1) is 0 Å². The predicted molar refractivity (Wildman–Crippen MR) is 55.1 cm³/mol. The maximum Gasteiger partial charge on any atom is 0.0691 e. The molecule has 1 fully saturated rings. The van der Waals surface area contributed by atoms with E-state index >= 15 is 0 Å². The van der Waals surface area contributed by atoms with Gasteiger partial charge in [-0.25, -0.2) is 0 Å². The van der Waals surface area contributed by atoms with Crippen molar-refractivity contribution < 1.29 is 8.95 Å². The Morgan fingerprint density at radius 2 is 2.46 bits per heavy atom. The molecule has 0 aromatic carbocycles. The number of rotatable bonds is 5. The molecule has 0 aliphatic carbocycles. The van der Waals surface area contributed by atoms with Gasteiger partial charge in [-0.3, -0.25) is 4.21 Å². The summed E-state index contributed by atoms with van der Waals surface area (Å²) in [6.45, 7) is 3.39. The predicted octanol–water partition coefficient (Wildman–Crippen LogP) is 0.651. The third-order valence-electron chi connectivity index (χ3n) is 2.46. The number of ether oxygens (including phenoxy) is 1. The zero-order chi connectivity index (χ0) is 9.68. The lowest BCUT2D eigenvalue weighted by molar-refractivity contribution is 0.128. The van der Waals surface area contributed by atoms with Crippen molar-refractivity contribution in [1.82, 2.24) is 0 Å². The Balaban J connectivity index is 2.29. The lowest BCUT2D eigenvalue weighted by Crippen LogP contribution is -2.30. The summed E-state index contributed by atoms with van der Waals surface area (Å²) in [6.07, 6.45) is 3.30. The van der Waals surface area contributed by atoms with E-state index in [0.29, 0.717) is 12.3 Å². The van der Waals surface area contributed by atoms with Gasteiger partial charge in [0.05, 0.1) is 11.9 Å². The molecule has 0 amide bonds. The van der Waals surface area contributed by atoms with Crippen LogP contribution in [0.2, 0.25) is 0 Å². The van der Waals surface area contributed by atoms with Crippen molar-refractivity contribution in [2.75, 3.05) is 18.9 Å². The molecule has 3 atom stereocenters. The fourth-order valence-electron chi connectivity index (χ4n) is 1.55. The van der Waals surface area contributed by atoms with E-state index in [1.54, 1.807) is 0 Å². The van der Waals surface area contributed by atoms with Crippen molar-refractivity contribution in [3.05, 3.63) is 0 Å². The molecule has 4 heteroatoms. The highest BCUT2D eigenvalue weighted by atomic mass is 32.2. The Bertz CT molecular complexity index is 165. The molecular formula is C9H19NO2S. The van der Waals surface area contributed by atoms with Gasteiger partial charge in [-0.2, -0.15) is 0 Å². The van der Waals surface area contributed by atoms with E-state index in [0.717, 1.165) is 25.9 Å². The minimum atomic E-state index is -0.798. The lowest BCUT2D eigenvalue weighted by atomic mass is 10.3. The van der Waals surface area contributed by atoms with Gasteiger partial charge in [0.25, 0.3) is 0 Å². The Labute approximate surface area is 82.5 Å². The Morgan fingerprint density at radius 1 is 1.69 bits per heavy atom. The first-order valence-corrected chi connectivity index (χ1v) is 6.35. The second kappa shape index (κ2) is 5.73. The van der Waals surface area contributed by atoms with E-state index in [2.05, 4.69) is 0 Å². The van der Waals surface area contributed by atoms with Gasteiger partial charge < -0.3 is 10.5 Å². The first-order chi connectivity index (χ1) is 6.27. The van der Waals surface area contributed by atoms with E-state index in [-0.39, 0.29) is 11.4 Å². The monoisotopic (exact) mass is 205 g/mol. The number of hydrogen-bond acceptors (Lipinski definition) is 3. The molecule has 0 radical (unpaired) electrons. The third-order valence-corrected chi connectivity index (χ3v) is 4.43. The summed E-state index contributed by atoms with van der Waals surface area (Å²) < 4.78 is 17.1. The summed E-state index contributed by atoms with van der Waals surface area (Å²) in [5, 5.41) is 0.157. The van der Waals surface area contributed by atoms with E-state index in [4.69, 9.17) is 10.5 Å². The zero-order valence-electron chi connectivity index (χ0n) is 8.20. The average molecular weight is 205 g/mol. The highest BCUT2D eigenvalue weighted by molar-refractivity contribution is 7.85. The zero-order valence-corrected chi connectivity index (χ0v) is 9.02. The van der Waals surface area contributed by atoms with Crippen molar-refractivity contribution in [3.63, 3.8) is 0 Å². The van der Waals surface area contributed by atoms with Crippen LogP contribution in [0.5, 0.6) is 0 Å². The van der Waals surface area contributed by atoms with E-state index in [9.17, 15) is 4.21 Å². The van der Waals surface area contributed by atoms with Crippen LogP contribution < -0.4 is 5.73 Å². The molecule has 0 aromatic heterocycles. The molecule has 1 heterocycles. The lowest BCUT2D eigenvalue weighted by Gasteiger charge is -2.14. The highest BCUT2D eigenvalue weighted by Gasteiger charge is 2.21. The molecule has 0 bridgehead atoms. The average Bonchev–Trinajstić information content (AvgIpc) is 2.59. The van der Waals surface area contributed by atoms with Crippen LogP contribution in [0.15, 0.2) is 0 Å². The Hall–Kier alpha value is 0.0700. The summed E-state index contributed by atoms with van der Waals surface area (Å²) in [4.78, 5) is 0. The molecule has 1 aliphatic rings. The van der Waals surface area contributed by atoms with E-state index < -0.39 is 10.8 Å². The molecule has 13 heavy (non-hydrogen) atoms. The summed E-state index contributed by atoms with van der Waals surface area (Å²) in [5.41, 5.74) is 5.52. The summed E-state index contributed by atoms with van der Waals surface area (Å²) >= 11 is 0. The minimum absolute atomic E-state index is 0.157. The van der Waals surface area contributed by atoms with Crippen molar-refractivity contribution in [2.45, 2.75) is 37.5 Å². The van der Waals surface area contributed by atoms with Crippen LogP contribution in [-0.4, -0.2) is 34.5 Å². The van der Waals surface area contributed by atoms with Crippen LogP contribution in [0.1, 0.15) is 26.2 Å². The second-order valence-corrected chi connectivity index (χ2v) is 5.21. The van der Waals surface area contributed by atoms with Crippen molar-refractivity contribution >= 4 is 10.8 Å². The molecule has 1 saturated heterocycles. The molecule has 1 aliphatic heterocycles. The van der Waals surface area contributed by atoms with Gasteiger partial charge in [-0.1, -0.05) is 6.92 Å². The fourth-order valence-corrected chi connectivity index (χ4v) is 3.04. The second-order valence-electron chi connectivity index (χ2n) is 3.45. The largest absolute Gasteiger partial charge is 0.377 e. The van der Waals surface area contributed by atoms with Crippen LogP contribution in [0.3, 0.4) is 0 Å². The van der Waals surface area contributed by atoms with Crippen LogP contribution in [0.25, 0.3) is 0 Å². The van der Waals surface area contributed by atoms with Crippen molar-refractivity contribution in [2.24, 2.45) is 5.73 Å². The van der Waals surface area contributed by atoms with Gasteiger partial charge in [-0.05, 0) is 19.3 Å². The van der Waals surface area contributed by atoms with Crippen LogP contribution in [-0.2, 0) is 15.5 Å². The maximum atomic E-state index is 11.7. The first-order valence-electron chi connectivity index (χ1n) is 4.96. The minimum Gasteiger partial charge on any atom is -0.377 e. The molecule has 78 valence electrons. The van der Waals surface area contributed by atoms with Crippen LogP contribution >= 0.6 is 0 Å². The van der Waals surface area contributed by atoms with Gasteiger partial charge in [0.15, 0.2) is 0 Å². The summed E-state index contributed by atoms with van der Waals surface area (Å²) in [5.74, 6) is 0.676. The molecule has 3 nitrogen and oxygen atoms in total. The van der Waals surface area contributed by atoms with Gasteiger partial charge in [-0.15, -0.1) is 0 Å². The molecule has 0 aromatic rings. The number of nitrogens with two attached hydrogens (primary N) is 1. The molecule has 1 rings (SSSR count). The van der Waals surface area contributed by atoms with E-state index in [1.165, 1.54) is 0 Å². The van der Waals surface area contributed by atoms with Gasteiger partial charge in [0.2, 0.25) is 0 Å². The normalized spacial score (nSPS) is 27.4.